The van der Waals surface area contributed by atoms with E-state index in [0.29, 0.717) is 0 Å². The van der Waals surface area contributed by atoms with Gasteiger partial charge < -0.3 is 0 Å². The van der Waals surface area contributed by atoms with Gasteiger partial charge in [0.25, 0.3) is 0 Å². The molecule has 0 aliphatic carbocycles. The average Bonchev–Trinajstić information content (AvgIpc) is 2.50. The van der Waals surface area contributed by atoms with Crippen LogP contribution in [0.3, 0.4) is 0 Å². The fraction of sp³-hybridized carbons (Fsp3) is 0.556. The molecule has 0 spiro atoms. The van der Waals surface area contributed by atoms with Gasteiger partial charge in [-0.15, -0.1) is 0 Å². The first-order chi connectivity index (χ1) is 5.43. The normalized spacial score (nSPS) is 14.8. The summed E-state index contributed by atoms with van der Waals surface area (Å²) in [6.07, 6.45) is 8.71. The minimum atomic E-state index is -1.14. The van der Waals surface area contributed by atoms with Crippen LogP contribution in [0.4, 0.5) is 0 Å². The molecule has 11 heavy (non-hydrogen) atoms. The van der Waals surface area contributed by atoms with Crippen molar-refractivity contribution in [3.8, 4) is 0 Å². The van der Waals surface area contributed by atoms with E-state index in [9.17, 15) is 0 Å². The van der Waals surface area contributed by atoms with Crippen molar-refractivity contribution >= 4 is 37.4 Å². The van der Waals surface area contributed by atoms with E-state index >= 15 is 0 Å². The second kappa shape index (κ2) is 6.36. The quantitative estimate of drug-likeness (QED) is 0.539. The van der Waals surface area contributed by atoms with Crippen LogP contribution in [0.15, 0.2) is 19.8 Å². The third-order valence-electron chi connectivity index (χ3n) is 2.00. The Balaban J connectivity index is 1.95. The van der Waals surface area contributed by atoms with Crippen LogP contribution in [-0.4, -0.2) is 26.8 Å². The molecule has 0 aromatic heterocycles. The molecule has 2 heteroatoms. The van der Waals surface area contributed by atoms with E-state index in [1.807, 2.05) is 0 Å². The van der Waals surface area contributed by atoms with Crippen molar-refractivity contribution in [2.24, 2.45) is 0 Å². The molecule has 0 N–H and O–H groups in total. The summed E-state index contributed by atoms with van der Waals surface area (Å²) in [4.78, 5) is 0. The van der Waals surface area contributed by atoms with Crippen LogP contribution in [0.2, 0.25) is 4.18 Å². The summed E-state index contributed by atoms with van der Waals surface area (Å²) in [6.45, 7) is 0. The summed E-state index contributed by atoms with van der Waals surface area (Å²) >= 11 is 2.32. The van der Waals surface area contributed by atoms with Crippen LogP contribution >= 0.6 is 15.9 Å². The molecule has 0 aromatic rings. The first-order valence-electron chi connectivity index (χ1n) is 4.34. The molecular weight excluding hydrogens is 303 g/mol. The third-order valence-corrected chi connectivity index (χ3v) is 9.72. The Hall–Kier alpha value is 0.830. The van der Waals surface area contributed by atoms with Crippen LogP contribution in [0, 0.1) is 0 Å². The molecule has 0 aromatic carbocycles. The SMILES string of the molecule is BrCCCC[CH2][In]1[CH]=CC=[CH]1. The Bertz CT molecular complexity index is 140. The van der Waals surface area contributed by atoms with E-state index in [0.717, 1.165) is 0 Å². The van der Waals surface area contributed by atoms with Gasteiger partial charge in [-0.2, -0.15) is 0 Å². The molecule has 1 aliphatic heterocycles. The van der Waals surface area contributed by atoms with Crippen molar-refractivity contribution in [1.82, 2.24) is 0 Å². The van der Waals surface area contributed by atoms with Crippen molar-refractivity contribution in [2.45, 2.75) is 23.4 Å². The average molecular weight is 317 g/mol. The molecule has 0 radical (unpaired) electrons. The van der Waals surface area contributed by atoms with Gasteiger partial charge in [0.05, 0.1) is 0 Å². The van der Waals surface area contributed by atoms with Crippen molar-refractivity contribution in [1.29, 1.82) is 0 Å². The second-order valence-corrected chi connectivity index (χ2v) is 11.4. The van der Waals surface area contributed by atoms with Gasteiger partial charge in [0.2, 0.25) is 0 Å². The third kappa shape index (κ3) is 4.41. The first kappa shape index (κ1) is 9.91. The Morgan fingerprint density at radius 2 is 1.73 bits per heavy atom. The maximum absolute atomic E-state index is 3.45. The van der Waals surface area contributed by atoms with Gasteiger partial charge in [0, 0.05) is 0 Å². The van der Waals surface area contributed by atoms with Gasteiger partial charge in [-0.3, -0.25) is 0 Å². The van der Waals surface area contributed by atoms with Gasteiger partial charge in [0.15, 0.2) is 0 Å². The van der Waals surface area contributed by atoms with Gasteiger partial charge in [-0.05, 0) is 0 Å². The monoisotopic (exact) mass is 316 g/mol. The fourth-order valence-electron chi connectivity index (χ4n) is 1.32. The van der Waals surface area contributed by atoms with Crippen molar-refractivity contribution in [2.75, 3.05) is 5.33 Å². The molecule has 0 saturated carbocycles. The van der Waals surface area contributed by atoms with Crippen LogP contribution < -0.4 is 0 Å². The molecule has 0 amide bonds. The number of allylic oxidation sites excluding steroid dienone is 2. The van der Waals surface area contributed by atoms with Crippen molar-refractivity contribution in [3.05, 3.63) is 19.8 Å². The maximum atomic E-state index is 3.45. The van der Waals surface area contributed by atoms with Crippen molar-refractivity contribution < 1.29 is 0 Å². The van der Waals surface area contributed by atoms with Crippen LogP contribution in [0.25, 0.3) is 0 Å². The Morgan fingerprint density at radius 3 is 2.36 bits per heavy atom. The van der Waals surface area contributed by atoms with E-state index in [1.54, 1.807) is 4.18 Å². The predicted octanol–water partition coefficient (Wildman–Crippen LogP) is 3.25. The number of hydrogen-bond donors (Lipinski definition) is 0. The number of unbranched alkanes of at least 4 members (excludes halogenated alkanes) is 2. The first-order valence-corrected chi connectivity index (χ1v) is 11.6. The standard InChI is InChI=1S/C5H10Br.C4H4.In/c1-2-3-4-5-6;1-3-4-2;/h1-5H2;1-4H;. The number of hydrogen-bond acceptors (Lipinski definition) is 0. The molecular formula is C9H14BrIn. The van der Waals surface area contributed by atoms with E-state index in [-0.39, 0.29) is 0 Å². The molecule has 0 atom stereocenters. The second-order valence-electron chi connectivity index (χ2n) is 2.97. The molecule has 0 nitrogen and oxygen atoms in total. The summed E-state index contributed by atoms with van der Waals surface area (Å²) in [5, 5.41) is 1.18. The molecule has 0 bridgehead atoms. The van der Waals surface area contributed by atoms with Crippen LogP contribution in [-0.2, 0) is 0 Å². The van der Waals surface area contributed by atoms with Crippen LogP contribution in [0.5, 0.6) is 0 Å². The van der Waals surface area contributed by atoms with Gasteiger partial charge in [-0.1, -0.05) is 0 Å². The molecule has 1 rings (SSSR count). The zero-order valence-electron chi connectivity index (χ0n) is 6.80. The summed E-state index contributed by atoms with van der Waals surface area (Å²) in [5.74, 6) is 0. The minimum absolute atomic E-state index is 1.14. The predicted molar refractivity (Wildman–Crippen MR) is 56.5 cm³/mol. The Morgan fingerprint density at radius 1 is 1.00 bits per heavy atom. The fourth-order valence-corrected chi connectivity index (χ4v) is 7.71. The summed E-state index contributed by atoms with van der Waals surface area (Å²) in [5.41, 5.74) is 0. The molecule has 0 fully saturated rings. The van der Waals surface area contributed by atoms with E-state index < -0.39 is 21.4 Å². The van der Waals surface area contributed by atoms with E-state index in [1.165, 1.54) is 24.6 Å². The number of alkyl halides is 1. The van der Waals surface area contributed by atoms with E-state index in [2.05, 4.69) is 35.7 Å². The van der Waals surface area contributed by atoms with E-state index in [4.69, 9.17) is 0 Å². The Labute approximate surface area is 85.4 Å². The molecule has 0 saturated heterocycles. The summed E-state index contributed by atoms with van der Waals surface area (Å²) < 4.78 is 6.54. The topological polar surface area (TPSA) is 0 Å². The van der Waals surface area contributed by atoms with Crippen LogP contribution in [0.1, 0.15) is 19.3 Å². The molecule has 1 aliphatic rings. The van der Waals surface area contributed by atoms with Gasteiger partial charge in [-0.25, -0.2) is 0 Å². The van der Waals surface area contributed by atoms with Gasteiger partial charge >= 0.3 is 86.0 Å². The zero-order chi connectivity index (χ0) is 7.94. The molecule has 60 valence electrons. The number of rotatable bonds is 5. The summed E-state index contributed by atoms with van der Waals surface area (Å²) in [7, 11) is 0. The number of halogens is 1. The van der Waals surface area contributed by atoms with Gasteiger partial charge in [0.1, 0.15) is 0 Å². The molecule has 1 heterocycles. The zero-order valence-corrected chi connectivity index (χ0v) is 11.7. The Kier molecular flexibility index (Phi) is 5.73. The summed E-state index contributed by atoms with van der Waals surface area (Å²) in [6, 6.07) is 0. The molecule has 0 unspecified atom stereocenters. The van der Waals surface area contributed by atoms with Crippen molar-refractivity contribution in [3.63, 3.8) is 0 Å².